The third-order valence-corrected chi connectivity index (χ3v) is 5.32. The Morgan fingerprint density at radius 2 is 1.91 bits per heavy atom. The molecule has 0 amide bonds. The molecule has 1 fully saturated rings. The molecule has 1 aromatic rings. The summed E-state index contributed by atoms with van der Waals surface area (Å²) in [7, 11) is 0. The Bertz CT molecular complexity index is 491. The van der Waals surface area contributed by atoms with Crippen LogP contribution in [0.15, 0.2) is 30.1 Å². The van der Waals surface area contributed by atoms with Crippen LogP contribution in [0.5, 0.6) is 0 Å². The quantitative estimate of drug-likeness (QED) is 0.868. The van der Waals surface area contributed by atoms with Crippen LogP contribution in [0.4, 0.5) is 5.95 Å². The molecule has 2 unspecified atom stereocenters. The van der Waals surface area contributed by atoms with Crippen molar-refractivity contribution in [2.75, 3.05) is 24.5 Å². The summed E-state index contributed by atoms with van der Waals surface area (Å²) in [4.78, 5) is 11.0. The molecule has 0 aromatic carbocycles. The maximum absolute atomic E-state index is 4.35. The number of nitrogens with one attached hydrogen (secondary N) is 1. The summed E-state index contributed by atoms with van der Waals surface area (Å²) in [6.07, 6.45) is 11.1. The lowest BCUT2D eigenvalue weighted by molar-refractivity contribution is 0.317. The number of anilines is 1. The highest BCUT2D eigenvalue weighted by Gasteiger charge is 2.25. The fourth-order valence-corrected chi connectivity index (χ4v) is 3.77. The molecule has 1 N–H and O–H groups in total. The summed E-state index contributed by atoms with van der Waals surface area (Å²) in [5.74, 6) is 2.42. The number of aromatic nitrogens is 2. The molecule has 1 aliphatic heterocycles. The Kier molecular flexibility index (Phi) is 5.08. The molecule has 0 spiro atoms. The topological polar surface area (TPSA) is 41.0 Å². The van der Waals surface area contributed by atoms with Crippen molar-refractivity contribution in [1.29, 1.82) is 0 Å². The van der Waals surface area contributed by atoms with Crippen LogP contribution in [-0.4, -0.2) is 35.6 Å². The van der Waals surface area contributed by atoms with Crippen molar-refractivity contribution in [2.45, 2.75) is 45.6 Å². The zero-order chi connectivity index (χ0) is 15.4. The summed E-state index contributed by atoms with van der Waals surface area (Å²) in [5.41, 5.74) is 1.58. The Hall–Kier alpha value is -1.42. The molecule has 120 valence electrons. The van der Waals surface area contributed by atoms with E-state index >= 15 is 0 Å². The summed E-state index contributed by atoms with van der Waals surface area (Å²) in [6, 6.07) is 2.51. The first kappa shape index (κ1) is 15.5. The van der Waals surface area contributed by atoms with Crippen molar-refractivity contribution in [3.8, 4) is 0 Å². The normalized spacial score (nSPS) is 26.8. The van der Waals surface area contributed by atoms with Crippen molar-refractivity contribution in [1.82, 2.24) is 15.3 Å². The average Bonchev–Trinajstić information content (AvgIpc) is 2.56. The lowest BCUT2D eigenvalue weighted by atomic mass is 9.80. The van der Waals surface area contributed by atoms with Crippen molar-refractivity contribution >= 4 is 5.95 Å². The molecule has 3 rings (SSSR count). The van der Waals surface area contributed by atoms with Crippen LogP contribution in [0.3, 0.4) is 0 Å². The molecule has 0 bridgehead atoms. The van der Waals surface area contributed by atoms with E-state index in [4.69, 9.17) is 0 Å². The molecular formula is C18H28N4. The van der Waals surface area contributed by atoms with Gasteiger partial charge >= 0.3 is 0 Å². The van der Waals surface area contributed by atoms with E-state index in [-0.39, 0.29) is 0 Å². The smallest absolute Gasteiger partial charge is 0.225 e. The number of hydrogen-bond donors (Lipinski definition) is 1. The predicted molar refractivity (Wildman–Crippen MR) is 90.9 cm³/mol. The van der Waals surface area contributed by atoms with Gasteiger partial charge in [0, 0.05) is 38.1 Å². The molecule has 1 saturated heterocycles. The SMILES string of the molecule is CC1=CCCC(C)C1CNC1CCN(c2ncccn2)CC1. The molecule has 1 aliphatic carbocycles. The van der Waals surface area contributed by atoms with Crippen molar-refractivity contribution < 1.29 is 0 Å². The second kappa shape index (κ2) is 7.23. The summed E-state index contributed by atoms with van der Waals surface area (Å²) in [6.45, 7) is 7.94. The van der Waals surface area contributed by atoms with Gasteiger partial charge in [-0.05, 0) is 50.5 Å². The maximum Gasteiger partial charge on any atom is 0.225 e. The minimum atomic E-state index is 0.641. The second-order valence-corrected chi connectivity index (χ2v) is 6.83. The van der Waals surface area contributed by atoms with Crippen LogP contribution >= 0.6 is 0 Å². The zero-order valence-electron chi connectivity index (χ0n) is 13.8. The number of rotatable bonds is 4. The van der Waals surface area contributed by atoms with Crippen LogP contribution in [0.1, 0.15) is 39.5 Å². The van der Waals surface area contributed by atoms with Gasteiger partial charge in [-0.1, -0.05) is 18.6 Å². The lowest BCUT2D eigenvalue weighted by Gasteiger charge is -2.35. The molecule has 0 radical (unpaired) electrons. The molecule has 4 heteroatoms. The first-order chi connectivity index (χ1) is 10.7. The Morgan fingerprint density at radius 1 is 1.18 bits per heavy atom. The zero-order valence-corrected chi connectivity index (χ0v) is 13.8. The third-order valence-electron chi connectivity index (χ3n) is 5.32. The van der Waals surface area contributed by atoms with E-state index < -0.39 is 0 Å². The molecular weight excluding hydrogens is 272 g/mol. The van der Waals surface area contributed by atoms with Gasteiger partial charge in [-0.3, -0.25) is 0 Å². The van der Waals surface area contributed by atoms with Crippen LogP contribution in [0.25, 0.3) is 0 Å². The van der Waals surface area contributed by atoms with E-state index in [9.17, 15) is 0 Å². The molecule has 2 heterocycles. The maximum atomic E-state index is 4.35. The fraction of sp³-hybridized carbons (Fsp3) is 0.667. The number of nitrogens with zero attached hydrogens (tertiary/aromatic N) is 3. The van der Waals surface area contributed by atoms with Crippen LogP contribution in [-0.2, 0) is 0 Å². The van der Waals surface area contributed by atoms with E-state index in [0.29, 0.717) is 6.04 Å². The largest absolute Gasteiger partial charge is 0.341 e. The van der Waals surface area contributed by atoms with Crippen molar-refractivity contribution in [3.05, 3.63) is 30.1 Å². The number of piperidine rings is 1. The summed E-state index contributed by atoms with van der Waals surface area (Å²) < 4.78 is 0. The molecule has 0 saturated carbocycles. The van der Waals surface area contributed by atoms with Gasteiger partial charge in [0.1, 0.15) is 0 Å². The van der Waals surface area contributed by atoms with E-state index in [1.807, 2.05) is 18.5 Å². The van der Waals surface area contributed by atoms with Gasteiger partial charge in [-0.2, -0.15) is 0 Å². The third kappa shape index (κ3) is 3.67. The highest BCUT2D eigenvalue weighted by molar-refractivity contribution is 5.29. The monoisotopic (exact) mass is 300 g/mol. The minimum absolute atomic E-state index is 0.641. The standard InChI is InChI=1S/C18H28N4/c1-14-5-3-6-15(2)17(14)13-21-16-7-11-22(12-8-16)18-19-9-4-10-20-18/h4-5,9-10,15-17,21H,3,6-8,11-13H2,1-2H3. The predicted octanol–water partition coefficient (Wildman–Crippen LogP) is 3.03. The average molecular weight is 300 g/mol. The van der Waals surface area contributed by atoms with Gasteiger partial charge in [0.2, 0.25) is 5.95 Å². The molecule has 4 nitrogen and oxygen atoms in total. The minimum Gasteiger partial charge on any atom is -0.341 e. The Morgan fingerprint density at radius 3 is 2.59 bits per heavy atom. The van der Waals surface area contributed by atoms with E-state index in [2.05, 4.69) is 40.1 Å². The van der Waals surface area contributed by atoms with Crippen molar-refractivity contribution in [3.63, 3.8) is 0 Å². The second-order valence-electron chi connectivity index (χ2n) is 6.83. The van der Waals surface area contributed by atoms with Gasteiger partial charge in [-0.25, -0.2) is 9.97 Å². The van der Waals surface area contributed by atoms with Gasteiger partial charge in [-0.15, -0.1) is 0 Å². The molecule has 22 heavy (non-hydrogen) atoms. The number of hydrogen-bond acceptors (Lipinski definition) is 4. The summed E-state index contributed by atoms with van der Waals surface area (Å²) >= 11 is 0. The van der Waals surface area contributed by atoms with Gasteiger partial charge < -0.3 is 10.2 Å². The summed E-state index contributed by atoms with van der Waals surface area (Å²) in [5, 5.41) is 3.82. The van der Waals surface area contributed by atoms with Gasteiger partial charge in [0.25, 0.3) is 0 Å². The van der Waals surface area contributed by atoms with Gasteiger partial charge in [0.05, 0.1) is 0 Å². The molecule has 2 atom stereocenters. The Balaban J connectivity index is 1.46. The van der Waals surface area contributed by atoms with E-state index in [0.717, 1.165) is 37.4 Å². The highest BCUT2D eigenvalue weighted by Crippen LogP contribution is 2.29. The first-order valence-corrected chi connectivity index (χ1v) is 8.66. The van der Waals surface area contributed by atoms with Crippen LogP contribution < -0.4 is 10.2 Å². The van der Waals surface area contributed by atoms with Crippen LogP contribution in [0.2, 0.25) is 0 Å². The van der Waals surface area contributed by atoms with Gasteiger partial charge in [0.15, 0.2) is 0 Å². The first-order valence-electron chi connectivity index (χ1n) is 8.66. The molecule has 1 aromatic heterocycles. The van der Waals surface area contributed by atoms with Crippen LogP contribution in [0, 0.1) is 11.8 Å². The van der Waals surface area contributed by atoms with E-state index in [1.54, 1.807) is 5.57 Å². The van der Waals surface area contributed by atoms with Crippen molar-refractivity contribution in [2.24, 2.45) is 11.8 Å². The Labute approximate surface area is 134 Å². The van der Waals surface area contributed by atoms with E-state index in [1.165, 1.54) is 25.7 Å². The lowest BCUT2D eigenvalue weighted by Crippen LogP contribution is -2.45. The highest BCUT2D eigenvalue weighted by atomic mass is 15.3. The molecule has 2 aliphatic rings. The number of allylic oxidation sites excluding steroid dienone is 1. The fourth-order valence-electron chi connectivity index (χ4n) is 3.77.